The van der Waals surface area contributed by atoms with E-state index >= 15 is 0 Å². The Morgan fingerprint density at radius 2 is 1.95 bits per heavy atom. The number of hydrogen-bond acceptors (Lipinski definition) is 2. The van der Waals surface area contributed by atoms with Gasteiger partial charge in [-0.3, -0.25) is 0 Å². The van der Waals surface area contributed by atoms with Gasteiger partial charge in [-0.25, -0.2) is 0 Å². The third kappa shape index (κ3) is 2.25. The number of nitrogens with two attached hydrogens (primary N) is 1. The van der Waals surface area contributed by atoms with E-state index in [0.29, 0.717) is 17.4 Å². The van der Waals surface area contributed by atoms with Crippen molar-refractivity contribution in [2.45, 2.75) is 6.61 Å². The largest absolute Gasteiger partial charge is 0.487 e. The first-order valence-electron chi connectivity index (χ1n) is 5.97. The van der Waals surface area contributed by atoms with Crippen LogP contribution in [0.5, 0.6) is 5.75 Å². The Labute approximate surface area is 116 Å². The Morgan fingerprint density at radius 3 is 2.79 bits per heavy atom. The number of halogens is 1. The number of para-hydroxylation sites is 1. The first-order valence-corrected chi connectivity index (χ1v) is 6.35. The Bertz CT molecular complexity index is 721. The van der Waals surface area contributed by atoms with Gasteiger partial charge in [0.25, 0.3) is 0 Å². The van der Waals surface area contributed by atoms with Crippen LogP contribution in [0.25, 0.3) is 10.9 Å². The van der Waals surface area contributed by atoms with Crippen molar-refractivity contribution in [2.75, 3.05) is 5.73 Å². The van der Waals surface area contributed by atoms with Crippen LogP contribution in [-0.2, 0) is 6.61 Å². The van der Waals surface area contributed by atoms with Gasteiger partial charge in [-0.2, -0.15) is 0 Å². The smallest absolute Gasteiger partial charge is 0.138 e. The predicted molar refractivity (Wildman–Crippen MR) is 78.5 cm³/mol. The van der Waals surface area contributed by atoms with Crippen molar-refractivity contribution in [3.63, 3.8) is 0 Å². The third-order valence-corrected chi connectivity index (χ3v) is 3.35. The molecule has 3 rings (SSSR count). The maximum atomic E-state index is 6.06. The Morgan fingerprint density at radius 1 is 1.11 bits per heavy atom. The quantitative estimate of drug-likeness (QED) is 0.709. The Kier molecular flexibility index (Phi) is 3.05. The number of anilines is 1. The van der Waals surface area contributed by atoms with Gasteiger partial charge in [-0.05, 0) is 24.3 Å². The summed E-state index contributed by atoms with van der Waals surface area (Å²) in [5.74, 6) is 0.674. The molecule has 0 atom stereocenters. The number of aromatic amines is 1. The van der Waals surface area contributed by atoms with Crippen LogP contribution in [0, 0.1) is 0 Å². The highest BCUT2D eigenvalue weighted by Crippen LogP contribution is 2.28. The van der Waals surface area contributed by atoms with E-state index in [1.165, 1.54) is 0 Å². The molecule has 0 saturated carbocycles. The summed E-state index contributed by atoms with van der Waals surface area (Å²) in [6, 6.07) is 13.2. The summed E-state index contributed by atoms with van der Waals surface area (Å²) < 4.78 is 5.74. The molecule has 3 aromatic rings. The van der Waals surface area contributed by atoms with Crippen molar-refractivity contribution in [2.24, 2.45) is 0 Å². The summed E-state index contributed by atoms with van der Waals surface area (Å²) in [6.07, 6.45) is 1.91. The van der Waals surface area contributed by atoms with Gasteiger partial charge in [0.2, 0.25) is 0 Å². The van der Waals surface area contributed by atoms with Gasteiger partial charge in [0.15, 0.2) is 0 Å². The summed E-state index contributed by atoms with van der Waals surface area (Å²) in [5.41, 5.74) is 8.78. The number of ether oxygens (including phenoxy) is 1. The van der Waals surface area contributed by atoms with Gasteiger partial charge in [0, 0.05) is 28.4 Å². The van der Waals surface area contributed by atoms with E-state index in [4.69, 9.17) is 22.1 Å². The van der Waals surface area contributed by atoms with Gasteiger partial charge < -0.3 is 15.5 Å². The second kappa shape index (κ2) is 4.86. The van der Waals surface area contributed by atoms with E-state index < -0.39 is 0 Å². The zero-order valence-corrected chi connectivity index (χ0v) is 10.9. The van der Waals surface area contributed by atoms with Crippen LogP contribution in [0.1, 0.15) is 5.56 Å². The van der Waals surface area contributed by atoms with Crippen molar-refractivity contribution >= 4 is 28.2 Å². The summed E-state index contributed by atoms with van der Waals surface area (Å²) in [6.45, 7) is 0.429. The molecule has 4 heteroatoms. The molecule has 0 amide bonds. The second-order valence-electron chi connectivity index (χ2n) is 4.30. The number of nitrogens with one attached hydrogen (secondary N) is 1. The summed E-state index contributed by atoms with van der Waals surface area (Å²) in [7, 11) is 0. The second-order valence-corrected chi connectivity index (χ2v) is 4.71. The molecule has 0 aliphatic carbocycles. The first kappa shape index (κ1) is 11.9. The topological polar surface area (TPSA) is 51.0 Å². The normalized spacial score (nSPS) is 10.8. The van der Waals surface area contributed by atoms with Gasteiger partial charge in [0.05, 0.1) is 5.02 Å². The molecule has 2 aromatic carbocycles. The molecule has 0 unspecified atom stereocenters. The highest BCUT2D eigenvalue weighted by molar-refractivity contribution is 6.32. The molecule has 1 aromatic heterocycles. The van der Waals surface area contributed by atoms with Crippen LogP contribution in [-0.4, -0.2) is 4.98 Å². The van der Waals surface area contributed by atoms with E-state index in [9.17, 15) is 0 Å². The van der Waals surface area contributed by atoms with Crippen molar-refractivity contribution in [1.82, 2.24) is 4.98 Å². The number of hydrogen-bond donors (Lipinski definition) is 2. The minimum Gasteiger partial charge on any atom is -0.487 e. The van der Waals surface area contributed by atoms with Crippen LogP contribution in [0.15, 0.2) is 48.7 Å². The lowest BCUT2D eigenvalue weighted by Crippen LogP contribution is -1.96. The molecule has 3 nitrogen and oxygen atoms in total. The average molecular weight is 273 g/mol. The minimum atomic E-state index is 0.429. The summed E-state index contributed by atoms with van der Waals surface area (Å²) in [4.78, 5) is 3.19. The molecule has 0 saturated heterocycles. The van der Waals surface area contributed by atoms with E-state index in [1.807, 2.05) is 42.6 Å². The SMILES string of the molecule is Nc1cccc2[nH]cc(COc3ccccc3Cl)c12. The molecule has 0 aliphatic heterocycles. The van der Waals surface area contributed by atoms with E-state index in [-0.39, 0.29) is 0 Å². The lowest BCUT2D eigenvalue weighted by molar-refractivity contribution is 0.308. The molecule has 96 valence electrons. The fourth-order valence-corrected chi connectivity index (χ4v) is 2.31. The predicted octanol–water partition coefficient (Wildman–Crippen LogP) is 3.98. The Hall–Kier alpha value is -2.13. The van der Waals surface area contributed by atoms with Gasteiger partial charge in [-0.15, -0.1) is 0 Å². The maximum absolute atomic E-state index is 6.06. The zero-order chi connectivity index (χ0) is 13.2. The van der Waals surface area contributed by atoms with E-state index in [2.05, 4.69) is 4.98 Å². The van der Waals surface area contributed by atoms with Crippen LogP contribution in [0.4, 0.5) is 5.69 Å². The van der Waals surface area contributed by atoms with Crippen molar-refractivity contribution in [1.29, 1.82) is 0 Å². The molecule has 3 N–H and O–H groups in total. The Balaban J connectivity index is 1.89. The summed E-state index contributed by atoms with van der Waals surface area (Å²) >= 11 is 6.06. The third-order valence-electron chi connectivity index (χ3n) is 3.04. The first-order chi connectivity index (χ1) is 9.25. The number of H-pyrrole nitrogens is 1. The van der Waals surface area contributed by atoms with Crippen LogP contribution < -0.4 is 10.5 Å². The number of benzene rings is 2. The van der Waals surface area contributed by atoms with Gasteiger partial charge >= 0.3 is 0 Å². The standard InChI is InChI=1S/C15H13ClN2O/c16-11-4-1-2-7-14(11)19-9-10-8-18-13-6-3-5-12(17)15(10)13/h1-8,18H,9,17H2. The molecular weight excluding hydrogens is 260 g/mol. The number of rotatable bonds is 3. The molecule has 19 heavy (non-hydrogen) atoms. The number of nitrogen functional groups attached to an aromatic ring is 1. The van der Waals surface area contributed by atoms with Crippen molar-refractivity contribution in [3.05, 3.63) is 59.2 Å². The highest BCUT2D eigenvalue weighted by Gasteiger charge is 2.08. The molecule has 0 bridgehead atoms. The van der Waals surface area contributed by atoms with Crippen molar-refractivity contribution < 1.29 is 4.74 Å². The van der Waals surface area contributed by atoms with Crippen LogP contribution >= 0.6 is 11.6 Å². The van der Waals surface area contributed by atoms with Gasteiger partial charge in [-0.1, -0.05) is 29.8 Å². The lowest BCUT2D eigenvalue weighted by Gasteiger charge is -2.07. The van der Waals surface area contributed by atoms with Crippen LogP contribution in [0.3, 0.4) is 0 Å². The lowest BCUT2D eigenvalue weighted by atomic mass is 10.1. The molecule has 0 aliphatic rings. The van der Waals surface area contributed by atoms with Gasteiger partial charge in [0.1, 0.15) is 12.4 Å². The molecule has 1 heterocycles. The van der Waals surface area contributed by atoms with Crippen LogP contribution in [0.2, 0.25) is 5.02 Å². The average Bonchev–Trinajstić information content (AvgIpc) is 2.83. The highest BCUT2D eigenvalue weighted by atomic mass is 35.5. The van der Waals surface area contributed by atoms with Crippen molar-refractivity contribution in [3.8, 4) is 5.75 Å². The summed E-state index contributed by atoms with van der Waals surface area (Å²) in [5, 5.41) is 1.62. The fraction of sp³-hybridized carbons (Fsp3) is 0.0667. The minimum absolute atomic E-state index is 0.429. The molecule has 0 fully saturated rings. The monoisotopic (exact) mass is 272 g/mol. The zero-order valence-electron chi connectivity index (χ0n) is 10.2. The molecule has 0 radical (unpaired) electrons. The number of aromatic nitrogens is 1. The van der Waals surface area contributed by atoms with E-state index in [0.717, 1.165) is 22.2 Å². The molecule has 0 spiro atoms. The molecular formula is C15H13ClN2O. The maximum Gasteiger partial charge on any atom is 0.138 e. The number of fused-ring (bicyclic) bond motifs is 1. The van der Waals surface area contributed by atoms with E-state index in [1.54, 1.807) is 6.07 Å². The fourth-order valence-electron chi connectivity index (χ4n) is 2.12.